The molecule has 35 heavy (non-hydrogen) atoms. The van der Waals surface area contributed by atoms with E-state index < -0.39 is 19.2 Å². The topological polar surface area (TPSA) is 128 Å². The summed E-state index contributed by atoms with van der Waals surface area (Å²) < 4.78 is 22.9. The molecule has 2 aliphatic rings. The van der Waals surface area contributed by atoms with Crippen LogP contribution in [0.2, 0.25) is 0 Å². The van der Waals surface area contributed by atoms with Crippen LogP contribution in [-0.2, 0) is 16.4 Å². The van der Waals surface area contributed by atoms with Gasteiger partial charge in [-0.2, -0.15) is 5.10 Å². The molecular formula is C25H29N5O4S. The minimum absolute atomic E-state index is 0.00882. The molecule has 2 fully saturated rings. The molecule has 1 amide bonds. The van der Waals surface area contributed by atoms with Crippen molar-refractivity contribution in [3.8, 4) is 11.4 Å². The zero-order valence-corrected chi connectivity index (χ0v) is 20.6. The first kappa shape index (κ1) is 23.7. The Balaban J connectivity index is 1.25. The van der Waals surface area contributed by atoms with Crippen molar-refractivity contribution in [1.82, 2.24) is 15.2 Å². The number of hydroxylamine groups is 3. The summed E-state index contributed by atoms with van der Waals surface area (Å²) >= 11 is 0. The molecule has 10 heteroatoms. The van der Waals surface area contributed by atoms with Gasteiger partial charge in [0, 0.05) is 28.3 Å². The van der Waals surface area contributed by atoms with Crippen LogP contribution in [0.15, 0.2) is 48.5 Å². The lowest BCUT2D eigenvalue weighted by Crippen LogP contribution is -2.60. The fourth-order valence-electron chi connectivity index (χ4n) is 4.56. The minimum Gasteiger partial charge on any atom is -0.632 e. The van der Waals surface area contributed by atoms with Gasteiger partial charge in [-0.05, 0) is 63.1 Å². The van der Waals surface area contributed by atoms with E-state index in [1.165, 1.54) is 0 Å². The van der Waals surface area contributed by atoms with Gasteiger partial charge < -0.3 is 15.2 Å². The number of hydrogen-bond donors (Lipinski definition) is 2. The van der Waals surface area contributed by atoms with Gasteiger partial charge in [0.1, 0.15) is 22.9 Å². The molecular weight excluding hydrogens is 466 g/mol. The lowest BCUT2D eigenvalue weighted by Gasteiger charge is -2.50. The lowest BCUT2D eigenvalue weighted by molar-refractivity contribution is -0.894. The van der Waals surface area contributed by atoms with E-state index in [2.05, 4.69) is 20.5 Å². The summed E-state index contributed by atoms with van der Waals surface area (Å²) in [6.45, 7) is 3.34. The summed E-state index contributed by atoms with van der Waals surface area (Å²) in [5, 5.41) is 23.5. The molecule has 1 aromatic heterocycles. The summed E-state index contributed by atoms with van der Waals surface area (Å²) in [7, 11) is -3.29. The number of carbonyl (C=O) groups is 1. The SMILES string of the molecule is CC1(C)C[N+]([O-])(Cc2cccc(C(=O)Nc3ccc(-c4n[nH]c(C5CC5)n4)cc3)c2)CCS1(=O)=O. The molecule has 2 aromatic carbocycles. The third-order valence-electron chi connectivity index (χ3n) is 6.81. The summed E-state index contributed by atoms with van der Waals surface area (Å²) in [5.41, 5.74) is 2.64. The minimum atomic E-state index is -3.29. The van der Waals surface area contributed by atoms with Crippen molar-refractivity contribution >= 4 is 21.4 Å². The number of H-pyrrole nitrogens is 1. The van der Waals surface area contributed by atoms with Crippen LogP contribution in [0.1, 0.15) is 54.4 Å². The summed E-state index contributed by atoms with van der Waals surface area (Å²) in [6, 6.07) is 14.3. The molecule has 1 aliphatic carbocycles. The van der Waals surface area contributed by atoms with Crippen LogP contribution in [0.4, 0.5) is 5.69 Å². The Morgan fingerprint density at radius 1 is 1.20 bits per heavy atom. The molecule has 2 heterocycles. The zero-order valence-electron chi connectivity index (χ0n) is 19.8. The van der Waals surface area contributed by atoms with E-state index in [-0.39, 0.29) is 31.3 Å². The average molecular weight is 496 g/mol. The van der Waals surface area contributed by atoms with Gasteiger partial charge >= 0.3 is 0 Å². The number of sulfone groups is 1. The largest absolute Gasteiger partial charge is 0.632 e. The Kier molecular flexibility index (Phi) is 5.77. The van der Waals surface area contributed by atoms with Crippen molar-refractivity contribution in [3.63, 3.8) is 0 Å². The monoisotopic (exact) mass is 495 g/mol. The molecule has 184 valence electrons. The molecule has 1 atom stereocenters. The van der Waals surface area contributed by atoms with Gasteiger partial charge in [-0.25, -0.2) is 13.4 Å². The molecule has 1 unspecified atom stereocenters. The first-order valence-corrected chi connectivity index (χ1v) is 13.4. The van der Waals surface area contributed by atoms with E-state index >= 15 is 0 Å². The molecule has 3 aromatic rings. The van der Waals surface area contributed by atoms with E-state index in [0.29, 0.717) is 28.6 Å². The maximum Gasteiger partial charge on any atom is 0.255 e. The molecule has 1 saturated carbocycles. The Morgan fingerprint density at radius 3 is 2.63 bits per heavy atom. The van der Waals surface area contributed by atoms with Gasteiger partial charge in [-0.1, -0.05) is 12.1 Å². The fourth-order valence-corrected chi connectivity index (χ4v) is 6.12. The predicted octanol–water partition coefficient (Wildman–Crippen LogP) is 3.62. The average Bonchev–Trinajstić information content (AvgIpc) is 3.54. The first-order chi connectivity index (χ1) is 16.5. The number of nitrogens with one attached hydrogen (secondary N) is 2. The Labute approximate surface area is 204 Å². The van der Waals surface area contributed by atoms with Crippen molar-refractivity contribution in [3.05, 3.63) is 70.7 Å². The smallest absolute Gasteiger partial charge is 0.255 e. The number of benzene rings is 2. The van der Waals surface area contributed by atoms with Gasteiger partial charge in [0.15, 0.2) is 15.7 Å². The normalized spacial score (nSPS) is 23.1. The third-order valence-corrected chi connectivity index (χ3v) is 9.34. The standard InChI is InChI=1S/C25H29N5O4S/c1-25(2)16-30(32,12-13-35(25,33)34)15-17-4-3-5-20(14-17)24(31)26-21-10-8-19(9-11-21)23-27-22(28-29-23)18-6-7-18/h3-5,8-11,14,18H,6-7,12-13,15-16H2,1-2H3,(H,26,31)(H,27,28,29). The number of aromatic amines is 1. The van der Waals surface area contributed by atoms with Crippen molar-refractivity contribution in [2.24, 2.45) is 0 Å². The Morgan fingerprint density at radius 2 is 1.94 bits per heavy atom. The van der Waals surface area contributed by atoms with Crippen molar-refractivity contribution < 1.29 is 17.9 Å². The third kappa shape index (κ3) is 5.00. The molecule has 5 rings (SSSR count). The predicted molar refractivity (Wildman–Crippen MR) is 133 cm³/mol. The highest BCUT2D eigenvalue weighted by Crippen LogP contribution is 2.38. The van der Waals surface area contributed by atoms with E-state index in [9.17, 15) is 18.4 Å². The number of quaternary nitrogens is 1. The van der Waals surface area contributed by atoms with Gasteiger partial charge in [0.25, 0.3) is 5.91 Å². The lowest BCUT2D eigenvalue weighted by atomic mass is 10.1. The molecule has 1 saturated heterocycles. The number of carbonyl (C=O) groups excluding carboxylic acids is 1. The second kappa shape index (κ2) is 8.54. The van der Waals surface area contributed by atoms with Crippen LogP contribution in [0.3, 0.4) is 0 Å². The highest BCUT2D eigenvalue weighted by molar-refractivity contribution is 7.92. The summed E-state index contributed by atoms with van der Waals surface area (Å²) in [4.78, 5) is 17.4. The molecule has 9 nitrogen and oxygen atoms in total. The maximum absolute atomic E-state index is 13.3. The summed E-state index contributed by atoms with van der Waals surface area (Å²) in [6.07, 6.45) is 2.30. The molecule has 0 radical (unpaired) electrons. The molecule has 0 spiro atoms. The molecule has 1 aliphatic heterocycles. The van der Waals surface area contributed by atoms with Crippen molar-refractivity contribution in [2.45, 2.75) is 43.9 Å². The van der Waals surface area contributed by atoms with Crippen molar-refractivity contribution in [2.75, 3.05) is 24.2 Å². The molecule has 0 bridgehead atoms. The van der Waals surface area contributed by atoms with Crippen LogP contribution < -0.4 is 5.32 Å². The second-order valence-corrected chi connectivity index (χ2v) is 13.0. The zero-order chi connectivity index (χ0) is 24.8. The van der Waals surface area contributed by atoms with Gasteiger partial charge in [-0.15, -0.1) is 0 Å². The molecule has 2 N–H and O–H groups in total. The maximum atomic E-state index is 13.3. The van der Waals surface area contributed by atoms with E-state index in [1.54, 1.807) is 50.2 Å². The van der Waals surface area contributed by atoms with E-state index in [0.717, 1.165) is 24.2 Å². The van der Waals surface area contributed by atoms with Gasteiger partial charge in [0.05, 0.1) is 13.1 Å². The number of rotatable bonds is 6. The van der Waals surface area contributed by atoms with Gasteiger partial charge in [-0.3, -0.25) is 9.89 Å². The van der Waals surface area contributed by atoms with Crippen LogP contribution in [0, 0.1) is 5.21 Å². The number of aromatic nitrogens is 3. The highest BCUT2D eigenvalue weighted by Gasteiger charge is 2.45. The van der Waals surface area contributed by atoms with Crippen LogP contribution in [-0.4, -0.2) is 57.7 Å². The first-order valence-electron chi connectivity index (χ1n) is 11.8. The Bertz CT molecular complexity index is 1360. The Hall–Kier alpha value is -3.08. The summed E-state index contributed by atoms with van der Waals surface area (Å²) in [5.74, 6) is 1.65. The van der Waals surface area contributed by atoms with Crippen LogP contribution in [0.25, 0.3) is 11.4 Å². The van der Waals surface area contributed by atoms with E-state index in [1.807, 2.05) is 12.1 Å². The van der Waals surface area contributed by atoms with E-state index in [4.69, 9.17) is 0 Å². The van der Waals surface area contributed by atoms with Gasteiger partial charge in [0.2, 0.25) is 0 Å². The number of anilines is 1. The van der Waals surface area contributed by atoms with Crippen LogP contribution >= 0.6 is 0 Å². The number of amides is 1. The quantitative estimate of drug-likeness (QED) is 0.397. The highest BCUT2D eigenvalue weighted by atomic mass is 32.2. The second-order valence-electron chi connectivity index (χ2n) is 10.2. The van der Waals surface area contributed by atoms with Crippen LogP contribution in [0.5, 0.6) is 0 Å². The van der Waals surface area contributed by atoms with Crippen molar-refractivity contribution in [1.29, 1.82) is 0 Å². The number of hydrogen-bond acceptors (Lipinski definition) is 6. The fraction of sp³-hybridized carbons (Fsp3) is 0.400. The number of nitrogens with zero attached hydrogens (tertiary/aromatic N) is 3.